The zero-order valence-corrected chi connectivity index (χ0v) is 13.6. The number of anilines is 1. The van der Waals surface area contributed by atoms with Gasteiger partial charge in [0.15, 0.2) is 0 Å². The van der Waals surface area contributed by atoms with Crippen molar-refractivity contribution in [1.82, 2.24) is 0 Å². The molecule has 0 aliphatic heterocycles. The molecule has 0 aromatic heterocycles. The van der Waals surface area contributed by atoms with E-state index in [9.17, 15) is 9.90 Å². The average Bonchev–Trinajstić information content (AvgIpc) is 2.37. The number of carbonyl (C=O) groups is 1. The van der Waals surface area contributed by atoms with Gasteiger partial charge in [-0.2, -0.15) is 0 Å². The summed E-state index contributed by atoms with van der Waals surface area (Å²) in [5.41, 5.74) is 1.16. The molecule has 2 N–H and O–H groups in total. The number of aliphatic carboxylic acids is 1. The zero-order chi connectivity index (χ0) is 15.7. The molecule has 1 fully saturated rings. The van der Waals surface area contributed by atoms with Crippen LogP contribution >= 0.6 is 0 Å². The summed E-state index contributed by atoms with van der Waals surface area (Å²) in [4.78, 5) is 12.2. The lowest BCUT2D eigenvalue weighted by Gasteiger charge is -2.48. The number of aryl methyl sites for hydroxylation is 1. The smallest absolute Gasteiger partial charge is 0.329 e. The van der Waals surface area contributed by atoms with E-state index in [0.29, 0.717) is 6.42 Å². The number of hydrogen-bond donors (Lipinski definition) is 2. The number of hydrogen-bond acceptors (Lipinski definition) is 2. The van der Waals surface area contributed by atoms with Crippen molar-refractivity contribution in [3.05, 3.63) is 29.8 Å². The second-order valence-corrected chi connectivity index (χ2v) is 7.44. The number of nitrogens with one attached hydrogen (secondary N) is 1. The Morgan fingerprint density at radius 3 is 2.62 bits per heavy atom. The van der Waals surface area contributed by atoms with Crippen molar-refractivity contribution in [2.75, 3.05) is 5.32 Å². The molecule has 21 heavy (non-hydrogen) atoms. The summed E-state index contributed by atoms with van der Waals surface area (Å²) in [6, 6.07) is 7.99. The maximum absolute atomic E-state index is 12.2. The van der Waals surface area contributed by atoms with Crippen molar-refractivity contribution in [2.24, 2.45) is 11.3 Å². The predicted molar refractivity (Wildman–Crippen MR) is 86.6 cm³/mol. The van der Waals surface area contributed by atoms with Gasteiger partial charge in [-0.05, 0) is 48.8 Å². The van der Waals surface area contributed by atoms with E-state index in [1.165, 1.54) is 0 Å². The molecule has 1 aliphatic carbocycles. The Hall–Kier alpha value is -1.51. The quantitative estimate of drug-likeness (QED) is 0.863. The molecule has 0 amide bonds. The maximum atomic E-state index is 12.2. The Morgan fingerprint density at radius 1 is 1.33 bits per heavy atom. The van der Waals surface area contributed by atoms with Crippen molar-refractivity contribution in [1.29, 1.82) is 0 Å². The van der Waals surface area contributed by atoms with Crippen LogP contribution < -0.4 is 5.32 Å². The third-order valence-corrected chi connectivity index (χ3v) is 4.72. The Morgan fingerprint density at radius 2 is 2.05 bits per heavy atom. The van der Waals surface area contributed by atoms with Crippen molar-refractivity contribution in [2.45, 2.75) is 58.9 Å². The third kappa shape index (κ3) is 3.22. The molecule has 116 valence electrons. The van der Waals surface area contributed by atoms with Crippen LogP contribution in [0.25, 0.3) is 0 Å². The minimum atomic E-state index is -0.857. The van der Waals surface area contributed by atoms with Crippen LogP contribution in [0.2, 0.25) is 0 Å². The molecule has 0 saturated heterocycles. The summed E-state index contributed by atoms with van der Waals surface area (Å²) >= 11 is 0. The highest BCUT2D eigenvalue weighted by atomic mass is 16.4. The Balaban J connectivity index is 2.40. The Kier molecular flexibility index (Phi) is 4.31. The number of carboxylic acid groups (broad SMARTS) is 1. The minimum absolute atomic E-state index is 0.0321. The van der Waals surface area contributed by atoms with Gasteiger partial charge in [0.2, 0.25) is 0 Å². The van der Waals surface area contributed by atoms with E-state index in [-0.39, 0.29) is 11.3 Å². The van der Waals surface area contributed by atoms with E-state index in [1.54, 1.807) is 0 Å². The van der Waals surface area contributed by atoms with Crippen LogP contribution in [0.4, 0.5) is 5.69 Å². The van der Waals surface area contributed by atoms with Crippen LogP contribution in [0, 0.1) is 18.3 Å². The topological polar surface area (TPSA) is 49.3 Å². The molecule has 1 aliphatic rings. The Labute approximate surface area is 127 Å². The lowest BCUT2D eigenvalue weighted by Crippen LogP contribution is -2.58. The number of rotatable bonds is 3. The highest BCUT2D eigenvalue weighted by Crippen LogP contribution is 2.46. The van der Waals surface area contributed by atoms with Crippen LogP contribution in [0.3, 0.4) is 0 Å². The molecule has 1 saturated carbocycles. The van der Waals surface area contributed by atoms with Gasteiger partial charge >= 0.3 is 5.97 Å². The standard InChI is InChI=1S/C18H27NO2/c1-13-8-7-9-14(12-13)19-18(16(20)21)11-6-5-10-15(18)17(2,3)4/h7-9,12,15,19H,5-6,10-11H2,1-4H3,(H,20,21). The fraction of sp³-hybridized carbons (Fsp3) is 0.611. The van der Waals surface area contributed by atoms with Crippen LogP contribution in [0.5, 0.6) is 0 Å². The number of benzene rings is 1. The molecule has 3 heteroatoms. The fourth-order valence-corrected chi connectivity index (χ4v) is 3.78. The van der Waals surface area contributed by atoms with Crippen LogP contribution in [-0.2, 0) is 4.79 Å². The molecule has 0 heterocycles. The fourth-order valence-electron chi connectivity index (χ4n) is 3.78. The van der Waals surface area contributed by atoms with E-state index in [4.69, 9.17) is 0 Å². The van der Waals surface area contributed by atoms with E-state index in [0.717, 1.165) is 30.5 Å². The summed E-state index contributed by atoms with van der Waals surface area (Å²) in [6.45, 7) is 8.48. The van der Waals surface area contributed by atoms with Crippen LogP contribution in [0.1, 0.15) is 52.0 Å². The Bertz CT molecular complexity index is 518. The van der Waals surface area contributed by atoms with Crippen molar-refractivity contribution >= 4 is 11.7 Å². The minimum Gasteiger partial charge on any atom is -0.479 e. The van der Waals surface area contributed by atoms with Gasteiger partial charge < -0.3 is 10.4 Å². The largest absolute Gasteiger partial charge is 0.479 e. The van der Waals surface area contributed by atoms with Crippen LogP contribution in [-0.4, -0.2) is 16.6 Å². The molecule has 1 aromatic rings. The monoisotopic (exact) mass is 289 g/mol. The molecule has 0 spiro atoms. The van der Waals surface area contributed by atoms with Gasteiger partial charge in [-0.25, -0.2) is 4.79 Å². The van der Waals surface area contributed by atoms with Gasteiger partial charge in [0.05, 0.1) is 0 Å². The van der Waals surface area contributed by atoms with Gasteiger partial charge in [0, 0.05) is 5.69 Å². The van der Waals surface area contributed by atoms with Gasteiger partial charge in [-0.15, -0.1) is 0 Å². The number of carboxylic acids is 1. The first-order valence-corrected chi connectivity index (χ1v) is 7.84. The van der Waals surface area contributed by atoms with Crippen LogP contribution in [0.15, 0.2) is 24.3 Å². The summed E-state index contributed by atoms with van der Waals surface area (Å²) < 4.78 is 0. The van der Waals surface area contributed by atoms with Gasteiger partial charge in [0.1, 0.15) is 5.54 Å². The first kappa shape index (κ1) is 15.9. The highest BCUT2D eigenvalue weighted by molar-refractivity contribution is 5.83. The third-order valence-electron chi connectivity index (χ3n) is 4.72. The first-order chi connectivity index (χ1) is 9.75. The van der Waals surface area contributed by atoms with Gasteiger partial charge in [-0.3, -0.25) is 0 Å². The van der Waals surface area contributed by atoms with Crippen molar-refractivity contribution in [3.8, 4) is 0 Å². The molecule has 1 aromatic carbocycles. The van der Waals surface area contributed by atoms with E-state index in [1.807, 2.05) is 31.2 Å². The molecule has 2 rings (SSSR count). The molecule has 2 unspecified atom stereocenters. The summed E-state index contributed by atoms with van der Waals surface area (Å²) in [5, 5.41) is 13.4. The second kappa shape index (κ2) is 5.70. The SMILES string of the molecule is Cc1cccc(NC2(C(=O)O)CCCCC2C(C)(C)C)c1. The summed E-state index contributed by atoms with van der Waals surface area (Å²) in [7, 11) is 0. The predicted octanol–water partition coefficient (Wildman–Crippen LogP) is 4.47. The second-order valence-electron chi connectivity index (χ2n) is 7.44. The lowest BCUT2D eigenvalue weighted by molar-refractivity contribution is -0.148. The van der Waals surface area contributed by atoms with E-state index >= 15 is 0 Å². The van der Waals surface area contributed by atoms with Crippen molar-refractivity contribution < 1.29 is 9.90 Å². The van der Waals surface area contributed by atoms with Gasteiger partial charge in [-0.1, -0.05) is 45.7 Å². The summed E-state index contributed by atoms with van der Waals surface area (Å²) in [6.07, 6.45) is 3.75. The molecule has 3 nitrogen and oxygen atoms in total. The molecule has 0 radical (unpaired) electrons. The lowest BCUT2D eigenvalue weighted by atomic mass is 9.62. The normalized spacial score (nSPS) is 26.4. The maximum Gasteiger partial charge on any atom is 0.329 e. The molecular formula is C18H27NO2. The molecular weight excluding hydrogens is 262 g/mol. The zero-order valence-electron chi connectivity index (χ0n) is 13.6. The van der Waals surface area contributed by atoms with Gasteiger partial charge in [0.25, 0.3) is 0 Å². The summed E-state index contributed by atoms with van der Waals surface area (Å²) in [5.74, 6) is -0.597. The van der Waals surface area contributed by atoms with E-state index < -0.39 is 11.5 Å². The van der Waals surface area contributed by atoms with E-state index in [2.05, 4.69) is 26.1 Å². The average molecular weight is 289 g/mol. The highest BCUT2D eigenvalue weighted by Gasteiger charge is 2.51. The first-order valence-electron chi connectivity index (χ1n) is 7.84. The molecule has 2 atom stereocenters. The molecule has 0 bridgehead atoms. The van der Waals surface area contributed by atoms with Crippen molar-refractivity contribution in [3.63, 3.8) is 0 Å².